The van der Waals surface area contributed by atoms with Crippen LogP contribution in [0.4, 0.5) is 13.2 Å². The van der Waals surface area contributed by atoms with Gasteiger partial charge in [0, 0.05) is 30.7 Å². The number of phenolic OH excluding ortho intramolecular Hbond substituents is 1. The summed E-state index contributed by atoms with van der Waals surface area (Å²) >= 11 is 0. The zero-order valence-corrected chi connectivity index (χ0v) is 23.2. The van der Waals surface area contributed by atoms with E-state index in [9.17, 15) is 48.0 Å². The van der Waals surface area contributed by atoms with Crippen molar-refractivity contribution in [2.75, 3.05) is 34.4 Å². The van der Waals surface area contributed by atoms with Crippen LogP contribution in [0.25, 0.3) is 5.76 Å². The van der Waals surface area contributed by atoms with Crippen LogP contribution in [0.1, 0.15) is 35.1 Å². The molecule has 1 saturated carbocycles. The van der Waals surface area contributed by atoms with E-state index in [4.69, 9.17) is 10.5 Å². The van der Waals surface area contributed by atoms with Crippen LogP contribution in [-0.4, -0.2) is 99.7 Å². The number of phenols is 1. The van der Waals surface area contributed by atoms with E-state index in [0.29, 0.717) is 19.6 Å². The molecule has 1 saturated heterocycles. The summed E-state index contributed by atoms with van der Waals surface area (Å²) in [5, 5.41) is 44.7. The van der Waals surface area contributed by atoms with Crippen LogP contribution >= 0.6 is 0 Å². The number of carbonyl (C=O) groups is 3. The van der Waals surface area contributed by atoms with Gasteiger partial charge in [0.05, 0.1) is 23.8 Å². The molecule has 4 aliphatic rings. The zero-order chi connectivity index (χ0) is 31.0. The molecule has 5 atom stereocenters. The molecule has 1 aromatic rings. The number of nitrogens with zero attached hydrogens (tertiary/aromatic N) is 2. The van der Waals surface area contributed by atoms with Gasteiger partial charge in [-0.3, -0.25) is 24.2 Å². The number of Topliss-reactive ketones (excluding diaryl/α,β-unsaturated/α-hetero) is 2. The Morgan fingerprint density at radius 3 is 2.40 bits per heavy atom. The lowest BCUT2D eigenvalue weighted by atomic mass is 9.57. The number of aliphatic hydroxyl groups excluding tert-OH is 2. The molecular formula is C28H32F3N3O8. The van der Waals surface area contributed by atoms with Crippen molar-refractivity contribution in [3.05, 3.63) is 45.2 Å². The summed E-state index contributed by atoms with van der Waals surface area (Å²) in [6.07, 6.45) is -5.04. The Labute approximate surface area is 238 Å². The number of benzene rings is 1. The van der Waals surface area contributed by atoms with Crippen LogP contribution in [0.2, 0.25) is 0 Å². The Balaban J connectivity index is 1.69. The molecule has 1 aliphatic heterocycles. The van der Waals surface area contributed by atoms with E-state index in [0.717, 1.165) is 6.07 Å². The van der Waals surface area contributed by atoms with Gasteiger partial charge in [-0.15, -0.1) is 0 Å². The van der Waals surface area contributed by atoms with Gasteiger partial charge < -0.3 is 30.9 Å². The zero-order valence-electron chi connectivity index (χ0n) is 23.2. The summed E-state index contributed by atoms with van der Waals surface area (Å²) < 4.78 is 49.4. The molecule has 0 aromatic heterocycles. The van der Waals surface area contributed by atoms with Gasteiger partial charge in [0.15, 0.2) is 11.4 Å². The average Bonchev–Trinajstić information content (AvgIpc) is 3.40. The van der Waals surface area contributed by atoms with Gasteiger partial charge in [-0.05, 0) is 63.5 Å². The number of nitrogens with two attached hydrogens (primary N) is 1. The van der Waals surface area contributed by atoms with Crippen LogP contribution in [0.3, 0.4) is 0 Å². The van der Waals surface area contributed by atoms with E-state index < -0.39 is 98.7 Å². The topological polar surface area (TPSA) is 174 Å². The lowest BCUT2D eigenvalue weighted by molar-refractivity contribution is -0.153. The first-order valence-corrected chi connectivity index (χ1v) is 13.4. The number of halogens is 3. The van der Waals surface area contributed by atoms with Crippen molar-refractivity contribution in [2.45, 2.75) is 49.7 Å². The van der Waals surface area contributed by atoms with Gasteiger partial charge in [0.2, 0.25) is 5.78 Å². The van der Waals surface area contributed by atoms with Crippen molar-refractivity contribution in [1.29, 1.82) is 0 Å². The highest BCUT2D eigenvalue weighted by atomic mass is 19.4. The SMILES string of the molecule is CN(Cc1cc(O)c2c(c1C(F)(F)F)C[C@H]1C[C@H]3[C@H](N(C)C)C(=O)C(C(N)=O)=C(O)[C@@]3(O)C(=O)C1=C2O)C1CCOC1. The molecule has 0 bridgehead atoms. The number of hydrogen-bond acceptors (Lipinski definition) is 10. The predicted octanol–water partition coefficient (Wildman–Crippen LogP) is 1.20. The second kappa shape index (κ2) is 10.1. The predicted molar refractivity (Wildman–Crippen MR) is 140 cm³/mol. The minimum atomic E-state index is -4.90. The minimum Gasteiger partial charge on any atom is -0.508 e. The fourth-order valence-electron chi connectivity index (χ4n) is 7.13. The van der Waals surface area contributed by atoms with Gasteiger partial charge in [0.25, 0.3) is 5.91 Å². The number of ketones is 2. The molecule has 14 heteroatoms. The van der Waals surface area contributed by atoms with Crippen molar-refractivity contribution in [3.63, 3.8) is 0 Å². The second-order valence-corrected chi connectivity index (χ2v) is 11.7. The number of carbonyl (C=O) groups excluding carboxylic acids is 3. The number of aliphatic hydroxyl groups is 3. The number of ether oxygens (including phenoxy) is 1. The van der Waals surface area contributed by atoms with Crippen molar-refractivity contribution in [1.82, 2.24) is 9.80 Å². The number of alkyl halides is 3. The Bertz CT molecular complexity index is 1450. The lowest BCUT2D eigenvalue weighted by Gasteiger charge is -2.50. The third-order valence-electron chi connectivity index (χ3n) is 9.04. The van der Waals surface area contributed by atoms with Crippen molar-refractivity contribution >= 4 is 23.2 Å². The van der Waals surface area contributed by atoms with Crippen molar-refractivity contribution in [2.24, 2.45) is 17.6 Å². The van der Waals surface area contributed by atoms with Gasteiger partial charge in [-0.25, -0.2) is 0 Å². The summed E-state index contributed by atoms with van der Waals surface area (Å²) in [6.45, 7) is 0.642. The van der Waals surface area contributed by atoms with Crippen LogP contribution in [-0.2, 0) is 38.3 Å². The number of aromatic hydroxyl groups is 1. The van der Waals surface area contributed by atoms with Crippen LogP contribution in [0.5, 0.6) is 5.75 Å². The number of rotatable bonds is 5. The maximum absolute atomic E-state index is 14.7. The Hall–Kier alpha value is -3.46. The molecule has 2 fully saturated rings. The van der Waals surface area contributed by atoms with E-state index in [1.54, 1.807) is 11.9 Å². The van der Waals surface area contributed by atoms with Crippen LogP contribution in [0.15, 0.2) is 23.0 Å². The molecule has 1 unspecified atom stereocenters. The summed E-state index contributed by atoms with van der Waals surface area (Å²) in [5.41, 5.74) is -1.37. The van der Waals surface area contributed by atoms with Crippen molar-refractivity contribution in [3.8, 4) is 5.75 Å². The highest BCUT2D eigenvalue weighted by Crippen LogP contribution is 2.54. The molecule has 0 radical (unpaired) electrons. The molecule has 5 rings (SSSR count). The third-order valence-corrected chi connectivity index (χ3v) is 9.04. The summed E-state index contributed by atoms with van der Waals surface area (Å²) in [6, 6.07) is -0.568. The first-order chi connectivity index (χ1) is 19.5. The van der Waals surface area contributed by atoms with E-state index in [-0.39, 0.29) is 24.6 Å². The molecule has 1 amide bonds. The maximum atomic E-state index is 14.7. The number of amides is 1. The van der Waals surface area contributed by atoms with Gasteiger partial charge in [0.1, 0.15) is 22.8 Å². The molecular weight excluding hydrogens is 563 g/mol. The number of hydrogen-bond donors (Lipinski definition) is 5. The normalized spacial score (nSPS) is 29.7. The number of primary amides is 1. The lowest BCUT2D eigenvalue weighted by Crippen LogP contribution is -2.65. The number of likely N-dealkylation sites (N-methyl/N-ethyl adjacent to an activating group) is 2. The molecule has 1 heterocycles. The van der Waals surface area contributed by atoms with E-state index in [1.165, 1.54) is 19.0 Å². The third kappa shape index (κ3) is 4.31. The highest BCUT2D eigenvalue weighted by Gasteiger charge is 2.64. The largest absolute Gasteiger partial charge is 0.508 e. The molecule has 6 N–H and O–H groups in total. The highest BCUT2D eigenvalue weighted by molar-refractivity contribution is 6.24. The molecule has 0 spiro atoms. The van der Waals surface area contributed by atoms with Gasteiger partial charge in [-0.2, -0.15) is 13.2 Å². The quantitative estimate of drug-likeness (QED) is 0.311. The molecule has 42 heavy (non-hydrogen) atoms. The first-order valence-electron chi connectivity index (χ1n) is 13.4. The maximum Gasteiger partial charge on any atom is 0.417 e. The minimum absolute atomic E-state index is 0.129. The monoisotopic (exact) mass is 595 g/mol. The van der Waals surface area contributed by atoms with Crippen LogP contribution in [0, 0.1) is 11.8 Å². The van der Waals surface area contributed by atoms with Gasteiger partial charge in [-0.1, -0.05) is 0 Å². The fourth-order valence-corrected chi connectivity index (χ4v) is 7.13. The second-order valence-electron chi connectivity index (χ2n) is 11.7. The van der Waals surface area contributed by atoms with E-state index in [1.807, 2.05) is 0 Å². The Morgan fingerprint density at radius 1 is 1.19 bits per heavy atom. The summed E-state index contributed by atoms with van der Waals surface area (Å²) in [4.78, 5) is 42.2. The molecule has 3 aliphatic carbocycles. The van der Waals surface area contributed by atoms with E-state index >= 15 is 0 Å². The average molecular weight is 596 g/mol. The van der Waals surface area contributed by atoms with Crippen LogP contribution < -0.4 is 5.73 Å². The fraction of sp³-hybridized carbons (Fsp3) is 0.536. The summed E-state index contributed by atoms with van der Waals surface area (Å²) in [7, 11) is 4.52. The number of fused-ring (bicyclic) bond motifs is 3. The first kappa shape index (κ1) is 30.0. The smallest absolute Gasteiger partial charge is 0.417 e. The molecule has 11 nitrogen and oxygen atoms in total. The standard InChI is InChI=1S/C28H32F3N3O8/c1-33(2)21-15-7-11-6-14-18(22(36)17(11)24(38)27(15,41)25(39)19(23(21)37)26(32)40)16(35)8-12(20(14)28(29,30)31)9-34(3)13-4-5-42-10-13/h8,11,13,15,21,35-36,39,41H,4-7,9-10H2,1-3H3,(H2,32,40)/t11-,13?,15-,21-,27-/m0/s1. The van der Waals surface area contributed by atoms with Gasteiger partial charge >= 0.3 is 6.18 Å². The van der Waals surface area contributed by atoms with Crippen molar-refractivity contribution < 1.29 is 52.7 Å². The molecule has 1 aromatic carbocycles. The Morgan fingerprint density at radius 2 is 1.86 bits per heavy atom. The van der Waals surface area contributed by atoms with E-state index in [2.05, 4.69) is 0 Å². The molecule has 228 valence electrons. The summed E-state index contributed by atoms with van der Waals surface area (Å²) in [5.74, 6) is -9.08. The Kier molecular flexibility index (Phi) is 7.20.